The van der Waals surface area contributed by atoms with E-state index in [9.17, 15) is 4.79 Å². The highest BCUT2D eigenvalue weighted by Crippen LogP contribution is 2.28. The fourth-order valence-corrected chi connectivity index (χ4v) is 4.21. The van der Waals surface area contributed by atoms with E-state index >= 15 is 0 Å². The number of carbonyl (C=O) groups excluding carboxylic acids is 1. The summed E-state index contributed by atoms with van der Waals surface area (Å²) in [5.41, 5.74) is 0.922. The molecule has 2 aromatic rings. The molecule has 0 aliphatic carbocycles. The highest BCUT2D eigenvalue weighted by Gasteiger charge is 2.30. The summed E-state index contributed by atoms with van der Waals surface area (Å²) in [6, 6.07) is 4.22. The van der Waals surface area contributed by atoms with Gasteiger partial charge < -0.3 is 9.47 Å². The fraction of sp³-hybridized carbons (Fsp3) is 0.556. The van der Waals surface area contributed by atoms with Gasteiger partial charge in [-0.15, -0.1) is 10.2 Å². The molecule has 134 valence electrons. The average molecular weight is 359 g/mol. The van der Waals surface area contributed by atoms with E-state index in [2.05, 4.69) is 27.0 Å². The zero-order valence-electron chi connectivity index (χ0n) is 15.1. The van der Waals surface area contributed by atoms with Crippen molar-refractivity contribution in [3.05, 3.63) is 24.5 Å². The van der Waals surface area contributed by atoms with Gasteiger partial charge in [0.05, 0.1) is 5.25 Å². The van der Waals surface area contributed by atoms with Crippen LogP contribution in [0.3, 0.4) is 0 Å². The van der Waals surface area contributed by atoms with Crippen molar-refractivity contribution in [3.63, 3.8) is 0 Å². The lowest BCUT2D eigenvalue weighted by Crippen LogP contribution is -2.46. The Bertz CT molecular complexity index is 718. The number of pyridine rings is 1. The van der Waals surface area contributed by atoms with Gasteiger partial charge in [0, 0.05) is 37.6 Å². The van der Waals surface area contributed by atoms with Crippen molar-refractivity contribution >= 4 is 17.7 Å². The molecular weight excluding hydrogens is 334 g/mol. The number of aromatic nitrogens is 4. The van der Waals surface area contributed by atoms with Gasteiger partial charge >= 0.3 is 0 Å². The van der Waals surface area contributed by atoms with Crippen LogP contribution >= 0.6 is 11.8 Å². The molecule has 1 saturated heterocycles. The first kappa shape index (κ1) is 17.9. The maximum absolute atomic E-state index is 12.9. The third-order valence-corrected chi connectivity index (χ3v) is 5.89. The molecule has 25 heavy (non-hydrogen) atoms. The molecule has 0 aromatic carbocycles. The SMILES string of the molecule is CCC1CCCCN1C(=O)C(C)Sc1nnc(-c2cccnc2)n1C. The zero-order valence-corrected chi connectivity index (χ0v) is 15.9. The first-order chi connectivity index (χ1) is 12.1. The number of carbonyl (C=O) groups is 1. The Morgan fingerprint density at radius 3 is 2.96 bits per heavy atom. The number of likely N-dealkylation sites (tertiary alicyclic amines) is 1. The maximum Gasteiger partial charge on any atom is 0.236 e. The van der Waals surface area contributed by atoms with Gasteiger partial charge in [0.25, 0.3) is 0 Å². The van der Waals surface area contributed by atoms with Crippen LogP contribution in [0.1, 0.15) is 39.5 Å². The lowest BCUT2D eigenvalue weighted by molar-refractivity contribution is -0.134. The van der Waals surface area contributed by atoms with Crippen molar-refractivity contribution in [3.8, 4) is 11.4 Å². The van der Waals surface area contributed by atoms with Crippen LogP contribution in [0, 0.1) is 0 Å². The normalized spacial score (nSPS) is 19.0. The minimum Gasteiger partial charge on any atom is -0.339 e. The summed E-state index contributed by atoms with van der Waals surface area (Å²) in [7, 11) is 1.93. The topological polar surface area (TPSA) is 63.9 Å². The number of nitrogens with zero attached hydrogens (tertiary/aromatic N) is 5. The second-order valence-electron chi connectivity index (χ2n) is 6.46. The van der Waals surface area contributed by atoms with E-state index in [4.69, 9.17) is 0 Å². The van der Waals surface area contributed by atoms with Crippen LogP contribution in [0.5, 0.6) is 0 Å². The van der Waals surface area contributed by atoms with Crippen LogP contribution in [0.25, 0.3) is 11.4 Å². The molecule has 2 atom stereocenters. The van der Waals surface area contributed by atoms with Gasteiger partial charge in [-0.25, -0.2) is 0 Å². The highest BCUT2D eigenvalue weighted by atomic mass is 32.2. The maximum atomic E-state index is 12.9. The minimum atomic E-state index is -0.170. The Kier molecular flexibility index (Phi) is 5.73. The summed E-state index contributed by atoms with van der Waals surface area (Å²) >= 11 is 1.48. The lowest BCUT2D eigenvalue weighted by atomic mass is 10.00. The van der Waals surface area contributed by atoms with Crippen molar-refractivity contribution < 1.29 is 4.79 Å². The van der Waals surface area contributed by atoms with Crippen LogP contribution in [-0.2, 0) is 11.8 Å². The van der Waals surface area contributed by atoms with Crippen LogP contribution in [0.4, 0.5) is 0 Å². The molecule has 1 fully saturated rings. The Morgan fingerprint density at radius 1 is 1.40 bits per heavy atom. The van der Waals surface area contributed by atoms with Gasteiger partial charge in [-0.2, -0.15) is 0 Å². The van der Waals surface area contributed by atoms with E-state index in [1.807, 2.05) is 30.7 Å². The van der Waals surface area contributed by atoms with Crippen molar-refractivity contribution in [2.75, 3.05) is 6.54 Å². The van der Waals surface area contributed by atoms with E-state index in [-0.39, 0.29) is 11.2 Å². The minimum absolute atomic E-state index is 0.170. The summed E-state index contributed by atoms with van der Waals surface area (Å²) in [5.74, 6) is 0.974. The molecule has 6 nitrogen and oxygen atoms in total. The van der Waals surface area contributed by atoms with E-state index in [1.165, 1.54) is 18.2 Å². The van der Waals surface area contributed by atoms with E-state index in [0.29, 0.717) is 6.04 Å². The molecule has 0 bridgehead atoms. The molecule has 2 unspecified atom stereocenters. The number of hydrogen-bond donors (Lipinski definition) is 0. The van der Waals surface area contributed by atoms with Crippen molar-refractivity contribution in [2.45, 2.75) is 56.0 Å². The molecule has 1 amide bonds. The van der Waals surface area contributed by atoms with Crippen LogP contribution in [0.15, 0.2) is 29.7 Å². The zero-order chi connectivity index (χ0) is 17.8. The van der Waals surface area contributed by atoms with E-state index < -0.39 is 0 Å². The molecule has 0 N–H and O–H groups in total. The third kappa shape index (κ3) is 3.86. The number of piperidine rings is 1. The van der Waals surface area contributed by atoms with Gasteiger partial charge in [-0.3, -0.25) is 9.78 Å². The highest BCUT2D eigenvalue weighted by molar-refractivity contribution is 8.00. The average Bonchev–Trinajstić information content (AvgIpc) is 3.02. The number of hydrogen-bond acceptors (Lipinski definition) is 5. The molecule has 1 aliphatic rings. The van der Waals surface area contributed by atoms with Crippen molar-refractivity contribution in [2.24, 2.45) is 7.05 Å². The second-order valence-corrected chi connectivity index (χ2v) is 7.76. The monoisotopic (exact) mass is 359 g/mol. The standard InChI is InChI=1S/C18H25N5OS/c1-4-15-9-5-6-11-23(15)17(24)13(2)25-18-21-20-16(22(18)3)14-8-7-10-19-12-14/h7-8,10,12-13,15H,4-6,9,11H2,1-3H3. The summed E-state index contributed by atoms with van der Waals surface area (Å²) in [6.45, 7) is 5.01. The van der Waals surface area contributed by atoms with Gasteiger partial charge in [0.1, 0.15) is 0 Å². The van der Waals surface area contributed by atoms with E-state index in [0.717, 1.165) is 42.4 Å². The quantitative estimate of drug-likeness (QED) is 0.768. The van der Waals surface area contributed by atoms with Crippen LogP contribution in [0.2, 0.25) is 0 Å². The first-order valence-electron chi connectivity index (χ1n) is 8.88. The Morgan fingerprint density at radius 2 is 2.24 bits per heavy atom. The third-order valence-electron chi connectivity index (χ3n) is 4.77. The number of amides is 1. The van der Waals surface area contributed by atoms with Gasteiger partial charge in [0.2, 0.25) is 5.91 Å². The van der Waals surface area contributed by atoms with Gasteiger partial charge in [0.15, 0.2) is 11.0 Å². The smallest absolute Gasteiger partial charge is 0.236 e. The Labute approximate surface area is 153 Å². The number of rotatable bonds is 5. The molecule has 7 heteroatoms. The van der Waals surface area contributed by atoms with Crippen LogP contribution in [-0.4, -0.2) is 48.4 Å². The predicted octanol–water partition coefficient (Wildman–Crippen LogP) is 3.15. The largest absolute Gasteiger partial charge is 0.339 e. The van der Waals surface area contributed by atoms with Gasteiger partial charge in [-0.05, 0) is 44.7 Å². The second kappa shape index (κ2) is 7.99. The summed E-state index contributed by atoms with van der Waals surface area (Å²) in [4.78, 5) is 19.1. The molecule has 3 rings (SSSR count). The lowest BCUT2D eigenvalue weighted by Gasteiger charge is -2.36. The van der Waals surface area contributed by atoms with Crippen LogP contribution < -0.4 is 0 Å². The molecule has 3 heterocycles. The fourth-order valence-electron chi connectivity index (χ4n) is 3.32. The van der Waals surface area contributed by atoms with Gasteiger partial charge in [-0.1, -0.05) is 18.7 Å². The molecule has 0 spiro atoms. The van der Waals surface area contributed by atoms with Crippen molar-refractivity contribution in [1.82, 2.24) is 24.6 Å². The van der Waals surface area contributed by atoms with E-state index in [1.54, 1.807) is 12.4 Å². The Hall–Kier alpha value is -1.89. The summed E-state index contributed by atoms with van der Waals surface area (Å²) < 4.78 is 1.93. The first-order valence-corrected chi connectivity index (χ1v) is 9.76. The molecule has 2 aromatic heterocycles. The van der Waals surface area contributed by atoms with Crippen molar-refractivity contribution in [1.29, 1.82) is 0 Å². The summed E-state index contributed by atoms with van der Waals surface area (Å²) in [6.07, 6.45) is 7.98. The molecule has 1 aliphatic heterocycles. The Balaban J connectivity index is 1.72. The molecular formula is C18H25N5OS. The summed E-state index contributed by atoms with van der Waals surface area (Å²) in [5, 5.41) is 9.13. The molecule has 0 saturated carbocycles. The number of thioether (sulfide) groups is 1. The predicted molar refractivity (Wildman–Crippen MR) is 99.2 cm³/mol. The molecule has 0 radical (unpaired) electrons.